The highest BCUT2D eigenvalue weighted by molar-refractivity contribution is 9.10. The Bertz CT molecular complexity index is 1500. The lowest BCUT2D eigenvalue weighted by atomic mass is 10.0. The summed E-state index contributed by atoms with van der Waals surface area (Å²) in [5.41, 5.74) is 1.66. The zero-order chi connectivity index (χ0) is 25.4. The first-order chi connectivity index (χ1) is 16.5. The van der Waals surface area contributed by atoms with Gasteiger partial charge >= 0.3 is 0 Å². The van der Waals surface area contributed by atoms with Crippen LogP contribution in [0.25, 0.3) is 11.1 Å². The third kappa shape index (κ3) is 5.75. The highest BCUT2D eigenvalue weighted by Crippen LogP contribution is 2.28. The van der Waals surface area contributed by atoms with Crippen molar-refractivity contribution >= 4 is 53.3 Å². The van der Waals surface area contributed by atoms with E-state index < -0.39 is 25.9 Å². The number of carbonyl (C=O) groups is 1. The van der Waals surface area contributed by atoms with Gasteiger partial charge in [-0.1, -0.05) is 41.9 Å². The van der Waals surface area contributed by atoms with E-state index in [1.54, 1.807) is 53.4 Å². The van der Waals surface area contributed by atoms with Gasteiger partial charge in [0.05, 0.1) is 9.37 Å². The molecule has 1 aromatic heterocycles. The summed E-state index contributed by atoms with van der Waals surface area (Å²) in [6, 6.07) is 15.8. The van der Waals surface area contributed by atoms with Gasteiger partial charge in [-0.05, 0) is 58.2 Å². The minimum Gasteiger partial charge on any atom is -0.337 e. The molecule has 1 N–H and O–H groups in total. The molecule has 1 atom stereocenters. The Morgan fingerprint density at radius 2 is 1.74 bits per heavy atom. The lowest BCUT2D eigenvalue weighted by Gasteiger charge is -2.17. The molecule has 184 valence electrons. The molecule has 3 aromatic rings. The molecule has 1 fully saturated rings. The van der Waals surface area contributed by atoms with Crippen LogP contribution in [0.5, 0.6) is 0 Å². The van der Waals surface area contributed by atoms with Gasteiger partial charge in [0.1, 0.15) is 5.15 Å². The zero-order valence-electron chi connectivity index (χ0n) is 18.5. The Morgan fingerprint density at radius 1 is 1.06 bits per heavy atom. The summed E-state index contributed by atoms with van der Waals surface area (Å²) < 4.78 is 52.6. The van der Waals surface area contributed by atoms with Gasteiger partial charge in [0.2, 0.25) is 0 Å². The highest BCUT2D eigenvalue weighted by atomic mass is 79.9. The predicted octanol–water partition coefficient (Wildman–Crippen LogP) is 3.76. The lowest BCUT2D eigenvalue weighted by Crippen LogP contribution is -2.38. The Kier molecular flexibility index (Phi) is 7.35. The minimum absolute atomic E-state index is 0.0405. The third-order valence-corrected chi connectivity index (χ3v) is 9.31. The van der Waals surface area contributed by atoms with E-state index in [4.69, 9.17) is 11.6 Å². The van der Waals surface area contributed by atoms with Gasteiger partial charge in [0.25, 0.3) is 15.9 Å². The largest absolute Gasteiger partial charge is 0.337 e. The van der Waals surface area contributed by atoms with E-state index in [2.05, 4.69) is 25.6 Å². The number of sulfonamides is 1. The molecule has 2 heterocycles. The van der Waals surface area contributed by atoms with Crippen molar-refractivity contribution in [3.05, 3.63) is 75.9 Å². The molecule has 0 aliphatic carbocycles. The van der Waals surface area contributed by atoms with E-state index in [1.807, 2.05) is 0 Å². The Balaban J connectivity index is 1.45. The number of carbonyl (C=O) groups excluding carboxylic acids is 1. The maximum absolute atomic E-state index is 13.0. The van der Waals surface area contributed by atoms with Crippen LogP contribution in [0.1, 0.15) is 16.8 Å². The number of halogens is 2. The number of hydrogen-bond donors (Lipinski definition) is 1. The van der Waals surface area contributed by atoms with Crippen molar-refractivity contribution < 1.29 is 21.6 Å². The summed E-state index contributed by atoms with van der Waals surface area (Å²) in [4.78, 5) is 18.7. The van der Waals surface area contributed by atoms with Gasteiger partial charge in [-0.2, -0.15) is 0 Å². The number of likely N-dealkylation sites (tertiary alicyclic amines) is 1. The number of sulfone groups is 1. The van der Waals surface area contributed by atoms with Gasteiger partial charge in [0, 0.05) is 36.5 Å². The third-order valence-electron chi connectivity index (χ3n) is 5.58. The number of aromatic nitrogens is 1. The highest BCUT2D eigenvalue weighted by Gasteiger charge is 2.31. The zero-order valence-corrected chi connectivity index (χ0v) is 22.5. The molecule has 4 rings (SSSR count). The molecule has 1 amide bonds. The molecule has 12 heteroatoms. The maximum Gasteiger partial charge on any atom is 0.258 e. The van der Waals surface area contributed by atoms with Crippen LogP contribution in [0.2, 0.25) is 5.15 Å². The predicted molar refractivity (Wildman–Crippen MR) is 137 cm³/mol. The van der Waals surface area contributed by atoms with Gasteiger partial charge < -0.3 is 4.90 Å². The number of pyridine rings is 1. The summed E-state index contributed by atoms with van der Waals surface area (Å²) >= 11 is 9.10. The van der Waals surface area contributed by atoms with E-state index in [-0.39, 0.29) is 27.5 Å². The van der Waals surface area contributed by atoms with Crippen molar-refractivity contribution in [2.24, 2.45) is 0 Å². The van der Waals surface area contributed by atoms with E-state index >= 15 is 0 Å². The molecule has 35 heavy (non-hydrogen) atoms. The monoisotopic (exact) mass is 597 g/mol. The number of rotatable bonds is 6. The van der Waals surface area contributed by atoms with Crippen LogP contribution in [-0.4, -0.2) is 58.0 Å². The summed E-state index contributed by atoms with van der Waals surface area (Å²) in [5, 5.41) is -0.154. The van der Waals surface area contributed by atoms with Gasteiger partial charge in [-0.3, -0.25) is 4.79 Å². The van der Waals surface area contributed by atoms with Crippen molar-refractivity contribution in [3.63, 3.8) is 0 Å². The van der Waals surface area contributed by atoms with Crippen LogP contribution in [0, 0.1) is 0 Å². The number of amides is 1. The Morgan fingerprint density at radius 3 is 2.40 bits per heavy atom. The van der Waals surface area contributed by atoms with Crippen LogP contribution in [0.4, 0.5) is 0 Å². The molecule has 8 nitrogen and oxygen atoms in total. The summed E-state index contributed by atoms with van der Waals surface area (Å²) in [6.07, 6.45) is 1.61. The summed E-state index contributed by atoms with van der Waals surface area (Å²) in [7, 11) is -7.32. The summed E-state index contributed by atoms with van der Waals surface area (Å²) in [5.74, 6) is -0.237. The molecule has 1 aliphatic rings. The van der Waals surface area contributed by atoms with Crippen molar-refractivity contribution in [1.29, 1.82) is 0 Å². The molecule has 0 bridgehead atoms. The number of nitrogens with one attached hydrogen (secondary N) is 1. The van der Waals surface area contributed by atoms with Gasteiger partial charge in [0.15, 0.2) is 14.9 Å². The van der Waals surface area contributed by atoms with Crippen molar-refractivity contribution in [3.8, 4) is 11.1 Å². The summed E-state index contributed by atoms with van der Waals surface area (Å²) in [6.45, 7) is 0.597. The second-order valence-electron chi connectivity index (χ2n) is 8.13. The van der Waals surface area contributed by atoms with Crippen molar-refractivity contribution in [2.45, 2.75) is 22.4 Å². The molecular weight excluding hydrogens is 578 g/mol. The van der Waals surface area contributed by atoms with Gasteiger partial charge in [-0.15, -0.1) is 0 Å². The van der Waals surface area contributed by atoms with E-state index in [0.29, 0.717) is 34.1 Å². The molecule has 0 spiro atoms. The van der Waals surface area contributed by atoms with Crippen molar-refractivity contribution in [2.75, 3.05) is 19.3 Å². The van der Waals surface area contributed by atoms with Crippen LogP contribution < -0.4 is 4.72 Å². The maximum atomic E-state index is 13.0. The smallest absolute Gasteiger partial charge is 0.258 e. The first kappa shape index (κ1) is 25.8. The minimum atomic E-state index is -3.90. The second kappa shape index (κ2) is 9.98. The van der Waals surface area contributed by atoms with Crippen LogP contribution in [0.3, 0.4) is 0 Å². The molecule has 0 saturated carbocycles. The van der Waals surface area contributed by atoms with Gasteiger partial charge in [-0.25, -0.2) is 26.5 Å². The normalized spacial score (nSPS) is 16.4. The molecule has 1 aliphatic heterocycles. The first-order valence-electron chi connectivity index (χ1n) is 10.5. The van der Waals surface area contributed by atoms with E-state index in [1.165, 1.54) is 12.1 Å². The quantitative estimate of drug-likeness (QED) is 0.433. The molecule has 1 unspecified atom stereocenters. The molecular formula is C23H21BrClN3O5S2. The topological polar surface area (TPSA) is 114 Å². The van der Waals surface area contributed by atoms with E-state index in [9.17, 15) is 21.6 Å². The SMILES string of the molecule is CS(=O)(=O)c1ccccc1-c1ccc(C(=O)N2CCC(NS(=O)(=O)c3ccc(Br)c(Cl)n3)C2)cc1. The average Bonchev–Trinajstić information content (AvgIpc) is 3.27. The number of benzene rings is 2. The Hall–Kier alpha value is -2.31. The fraction of sp³-hybridized carbons (Fsp3) is 0.217. The first-order valence-corrected chi connectivity index (χ1v) is 15.0. The standard InChI is InChI=1S/C23H21BrClN3O5S2/c1-34(30,31)20-5-3-2-4-18(20)15-6-8-16(9-7-15)23(29)28-13-12-17(14-28)27-35(32,33)21-11-10-19(24)22(25)26-21/h2-11,17,27H,12-14H2,1H3. The fourth-order valence-electron chi connectivity index (χ4n) is 3.87. The Labute approximate surface area is 217 Å². The van der Waals surface area contributed by atoms with Crippen LogP contribution in [-0.2, 0) is 19.9 Å². The lowest BCUT2D eigenvalue weighted by molar-refractivity contribution is 0.0790. The average molecular weight is 599 g/mol. The molecule has 2 aromatic carbocycles. The molecule has 1 saturated heterocycles. The second-order valence-corrected chi connectivity index (χ2v) is 13.0. The van der Waals surface area contributed by atoms with Crippen molar-refractivity contribution in [1.82, 2.24) is 14.6 Å². The number of hydrogen-bond acceptors (Lipinski definition) is 6. The molecule has 0 radical (unpaired) electrons. The fourth-order valence-corrected chi connectivity index (χ4v) is 6.42. The number of nitrogens with zero attached hydrogens (tertiary/aromatic N) is 2. The van der Waals surface area contributed by atoms with Crippen LogP contribution >= 0.6 is 27.5 Å². The van der Waals surface area contributed by atoms with Crippen LogP contribution in [0.15, 0.2) is 75.1 Å². The van der Waals surface area contributed by atoms with E-state index in [0.717, 1.165) is 6.26 Å².